The third-order valence-electron chi connectivity index (χ3n) is 3.63. The maximum Gasteiger partial charge on any atom is 0.308 e. The van der Waals surface area contributed by atoms with E-state index in [4.69, 9.17) is 0 Å². The van der Waals surface area contributed by atoms with E-state index in [0.29, 0.717) is 18.7 Å². The Labute approximate surface area is 174 Å². The fourth-order valence-electron chi connectivity index (χ4n) is 1.99. The lowest BCUT2D eigenvalue weighted by Crippen LogP contribution is -2.30. The summed E-state index contributed by atoms with van der Waals surface area (Å²) in [5, 5.41) is 37.6. The molecule has 0 N–H and O–H groups in total. The highest BCUT2D eigenvalue weighted by molar-refractivity contribution is 14.1. The van der Waals surface area contributed by atoms with Gasteiger partial charge in [-0.15, -0.1) is 0 Å². The zero-order valence-corrected chi connectivity index (χ0v) is 17.8. The van der Waals surface area contributed by atoms with Crippen LogP contribution < -0.4 is 4.80 Å². The minimum Gasteiger partial charge on any atom is -0.258 e. The number of nitro groups is 3. The number of benzene rings is 1. The average Bonchev–Trinajstić information content (AvgIpc) is 3.00. The molecule has 28 heavy (non-hydrogen) atoms. The second kappa shape index (κ2) is 8.21. The van der Waals surface area contributed by atoms with E-state index in [1.54, 1.807) is 0 Å². The first-order chi connectivity index (χ1) is 12.9. The molecule has 0 bridgehead atoms. The van der Waals surface area contributed by atoms with E-state index < -0.39 is 37.5 Å². The van der Waals surface area contributed by atoms with Crippen molar-refractivity contribution in [1.82, 2.24) is 14.4 Å². The smallest absolute Gasteiger partial charge is 0.258 e. The molecule has 0 unspecified atom stereocenters. The topological polar surface area (TPSA) is 172 Å². The molecule has 0 aliphatic heterocycles. The fourth-order valence-corrected chi connectivity index (χ4v) is 2.89. The Bertz CT molecular complexity index is 976. The molecule has 0 amide bonds. The summed E-state index contributed by atoms with van der Waals surface area (Å²) in [6, 6.07) is 1.28. The molecule has 13 nitrogen and oxygen atoms in total. The van der Waals surface area contributed by atoms with Gasteiger partial charge >= 0.3 is 11.4 Å². The minimum atomic E-state index is -0.950. The summed E-state index contributed by atoms with van der Waals surface area (Å²) < 4.78 is 5.24. The second-order valence-electron chi connectivity index (χ2n) is 6.68. The van der Waals surface area contributed by atoms with E-state index in [-0.39, 0.29) is 14.1 Å². The Morgan fingerprint density at radius 3 is 2.11 bits per heavy atom. The van der Waals surface area contributed by atoms with Crippen molar-refractivity contribution >= 4 is 56.9 Å². The molecule has 0 aliphatic rings. The Morgan fingerprint density at radius 1 is 1.14 bits per heavy atom. The zero-order chi connectivity index (χ0) is 21.2. The SMILES string of the molecule is CC(C)(C)[C@H](I)Cn1nnsc1=Nc1c([N+](=O)[O-])cc([N+](=O)[O-])cc1[N+](=O)[O-]. The van der Waals surface area contributed by atoms with Gasteiger partial charge in [-0.05, 0) is 5.41 Å². The van der Waals surface area contributed by atoms with Gasteiger partial charge in [-0.3, -0.25) is 30.3 Å². The van der Waals surface area contributed by atoms with Gasteiger partial charge in [-0.2, -0.15) is 0 Å². The van der Waals surface area contributed by atoms with Gasteiger partial charge in [-0.1, -0.05) is 53.1 Å². The normalized spacial score (nSPS) is 13.4. The van der Waals surface area contributed by atoms with Gasteiger partial charge < -0.3 is 0 Å². The molecule has 0 saturated heterocycles. The van der Waals surface area contributed by atoms with Crippen molar-refractivity contribution in [3.8, 4) is 0 Å². The van der Waals surface area contributed by atoms with Crippen LogP contribution in [0.5, 0.6) is 0 Å². The van der Waals surface area contributed by atoms with Gasteiger partial charge in [0.05, 0.1) is 33.4 Å². The molecular weight excluding hydrogens is 509 g/mol. The molecule has 1 aromatic heterocycles. The number of rotatable bonds is 6. The Balaban J connectivity index is 2.70. The molecule has 1 aromatic carbocycles. The number of non-ortho nitro benzene ring substituents is 1. The predicted octanol–water partition coefficient (Wildman–Crippen LogP) is 3.15. The van der Waals surface area contributed by atoms with Gasteiger partial charge in [0, 0.05) is 15.5 Å². The molecule has 2 aromatic rings. The number of aromatic nitrogens is 3. The van der Waals surface area contributed by atoms with E-state index in [1.807, 2.05) is 20.8 Å². The number of halogens is 1. The summed E-state index contributed by atoms with van der Waals surface area (Å²) in [5.41, 5.74) is -3.14. The maximum atomic E-state index is 11.4. The van der Waals surface area contributed by atoms with Crippen LogP contribution in [0.3, 0.4) is 0 Å². The van der Waals surface area contributed by atoms with Gasteiger partial charge in [0.15, 0.2) is 0 Å². The summed E-state index contributed by atoms with van der Waals surface area (Å²) in [6.45, 7) is 6.43. The Hall–Kier alpha value is -2.56. The van der Waals surface area contributed by atoms with Crippen molar-refractivity contribution in [1.29, 1.82) is 0 Å². The average molecular weight is 523 g/mol. The summed E-state index contributed by atoms with van der Waals surface area (Å²) in [5.74, 6) is 0. The third-order valence-corrected chi connectivity index (χ3v) is 6.51. The van der Waals surface area contributed by atoms with E-state index in [2.05, 4.69) is 37.3 Å². The van der Waals surface area contributed by atoms with Crippen molar-refractivity contribution in [3.05, 3.63) is 47.3 Å². The molecule has 0 fully saturated rings. The quantitative estimate of drug-likeness (QED) is 0.240. The Kier molecular flexibility index (Phi) is 6.37. The standard InChI is InChI=1S/C13H14IN7O6S/c1-13(2,3)10(14)6-18-12(28-17-16-18)15-11-8(20(24)25)4-7(19(22)23)5-9(11)21(26)27/h4-5,10H,6H2,1-3H3/t10-/m1/s1. The van der Waals surface area contributed by atoms with E-state index in [1.165, 1.54) is 4.68 Å². The van der Waals surface area contributed by atoms with Crippen LogP contribution in [0, 0.1) is 35.8 Å². The lowest BCUT2D eigenvalue weighted by molar-refractivity contribution is -0.402. The highest BCUT2D eigenvalue weighted by atomic mass is 127. The van der Waals surface area contributed by atoms with Crippen LogP contribution in [0.15, 0.2) is 17.1 Å². The number of alkyl halides is 1. The van der Waals surface area contributed by atoms with Crippen LogP contribution in [-0.4, -0.2) is 33.1 Å². The highest BCUT2D eigenvalue weighted by Gasteiger charge is 2.31. The van der Waals surface area contributed by atoms with Crippen LogP contribution in [0.4, 0.5) is 22.7 Å². The largest absolute Gasteiger partial charge is 0.308 e. The summed E-state index contributed by atoms with van der Waals surface area (Å²) in [6.07, 6.45) is 0. The van der Waals surface area contributed by atoms with Crippen molar-refractivity contribution in [3.63, 3.8) is 0 Å². The van der Waals surface area contributed by atoms with Crippen LogP contribution >= 0.6 is 34.1 Å². The monoisotopic (exact) mass is 523 g/mol. The molecule has 15 heteroatoms. The van der Waals surface area contributed by atoms with Crippen molar-refractivity contribution < 1.29 is 14.8 Å². The zero-order valence-electron chi connectivity index (χ0n) is 14.8. The first-order valence-corrected chi connectivity index (χ1v) is 9.63. The van der Waals surface area contributed by atoms with Gasteiger partial charge in [0.1, 0.15) is 0 Å². The second-order valence-corrected chi connectivity index (χ2v) is 8.89. The van der Waals surface area contributed by atoms with Gasteiger partial charge in [0.25, 0.3) is 5.69 Å². The predicted molar refractivity (Wildman–Crippen MR) is 107 cm³/mol. The molecular formula is C13H14IN7O6S. The number of nitro benzene ring substituents is 3. The van der Waals surface area contributed by atoms with Crippen LogP contribution in [0.25, 0.3) is 0 Å². The van der Waals surface area contributed by atoms with Crippen LogP contribution in [0.1, 0.15) is 20.8 Å². The molecule has 150 valence electrons. The van der Waals surface area contributed by atoms with Gasteiger partial charge in [-0.25, -0.2) is 9.67 Å². The Morgan fingerprint density at radius 2 is 1.68 bits per heavy atom. The molecule has 0 saturated carbocycles. The van der Waals surface area contributed by atoms with E-state index in [0.717, 1.165) is 11.5 Å². The third kappa shape index (κ3) is 4.83. The van der Waals surface area contributed by atoms with Crippen LogP contribution in [-0.2, 0) is 6.54 Å². The molecule has 1 atom stereocenters. The molecule has 1 heterocycles. The highest BCUT2D eigenvalue weighted by Crippen LogP contribution is 2.40. The number of hydrogen-bond donors (Lipinski definition) is 0. The van der Waals surface area contributed by atoms with E-state index >= 15 is 0 Å². The van der Waals surface area contributed by atoms with Crippen molar-refractivity contribution in [2.45, 2.75) is 31.2 Å². The first-order valence-electron chi connectivity index (χ1n) is 7.61. The lowest BCUT2D eigenvalue weighted by atomic mass is 9.92. The van der Waals surface area contributed by atoms with Gasteiger partial charge in [0.2, 0.25) is 10.5 Å². The number of hydrogen-bond acceptors (Lipinski definition) is 10. The summed E-state index contributed by atoms with van der Waals surface area (Å²) in [7, 11) is 0. The van der Waals surface area contributed by atoms with Crippen molar-refractivity contribution in [2.75, 3.05) is 0 Å². The van der Waals surface area contributed by atoms with Crippen LogP contribution in [0.2, 0.25) is 0 Å². The first kappa shape index (κ1) is 21.7. The van der Waals surface area contributed by atoms with E-state index in [9.17, 15) is 30.3 Å². The molecule has 2 rings (SSSR count). The fraction of sp³-hybridized carbons (Fsp3) is 0.462. The summed E-state index contributed by atoms with van der Waals surface area (Å²) in [4.78, 5) is 35.0. The molecule has 0 radical (unpaired) electrons. The lowest BCUT2D eigenvalue weighted by Gasteiger charge is -2.24. The maximum absolute atomic E-state index is 11.4. The molecule has 0 spiro atoms. The molecule has 0 aliphatic carbocycles. The van der Waals surface area contributed by atoms with Crippen molar-refractivity contribution in [2.24, 2.45) is 10.4 Å². The number of nitrogens with zero attached hydrogens (tertiary/aromatic N) is 7. The minimum absolute atomic E-state index is 0.0835. The summed E-state index contributed by atoms with van der Waals surface area (Å²) >= 11 is 3.03.